The van der Waals surface area contributed by atoms with Gasteiger partial charge in [-0.05, 0) is 25.7 Å². The summed E-state index contributed by atoms with van der Waals surface area (Å²) in [4.78, 5) is 11.6. The molecule has 0 unspecified atom stereocenters. The van der Waals surface area contributed by atoms with Crippen LogP contribution in [0.15, 0.2) is 6.20 Å². The van der Waals surface area contributed by atoms with Gasteiger partial charge in [0.1, 0.15) is 0 Å². The summed E-state index contributed by atoms with van der Waals surface area (Å²) < 4.78 is 0. The van der Waals surface area contributed by atoms with Gasteiger partial charge in [-0.1, -0.05) is 13.8 Å². The van der Waals surface area contributed by atoms with Gasteiger partial charge in [0.2, 0.25) is 0 Å². The number of amides is 1. The fraction of sp³-hybridized carbons (Fsp3) is 0.636. The minimum atomic E-state index is -0.0370. The molecule has 0 aromatic carbocycles. The van der Waals surface area contributed by atoms with Crippen LogP contribution in [-0.2, 0) is 0 Å². The smallest absolute Gasteiger partial charge is 0.254 e. The first-order valence-corrected chi connectivity index (χ1v) is 5.39. The van der Waals surface area contributed by atoms with E-state index in [0.717, 1.165) is 25.1 Å². The Balaban J connectivity index is 2.28. The first-order chi connectivity index (χ1) is 7.11. The topological polar surface area (TPSA) is 57.8 Å². The molecule has 0 bridgehead atoms. The molecule has 0 radical (unpaired) electrons. The predicted molar refractivity (Wildman–Crippen MR) is 59.7 cm³/mol. The Hall–Kier alpha value is -1.32. The highest BCUT2D eigenvalue weighted by molar-refractivity contribution is 5.94. The lowest BCUT2D eigenvalue weighted by molar-refractivity contribution is 0.0952. The highest BCUT2D eigenvalue weighted by Crippen LogP contribution is 2.04. The van der Waals surface area contributed by atoms with Gasteiger partial charge in [-0.15, -0.1) is 0 Å². The summed E-state index contributed by atoms with van der Waals surface area (Å²) in [7, 11) is 0. The summed E-state index contributed by atoms with van der Waals surface area (Å²) in [6.45, 7) is 6.95. The number of H-pyrrole nitrogens is 1. The maximum absolute atomic E-state index is 11.6. The number of nitrogens with one attached hydrogen (secondary N) is 2. The van der Waals surface area contributed by atoms with Crippen LogP contribution in [0, 0.1) is 12.8 Å². The van der Waals surface area contributed by atoms with Crippen molar-refractivity contribution in [1.29, 1.82) is 0 Å². The van der Waals surface area contributed by atoms with Crippen LogP contribution in [0.5, 0.6) is 0 Å². The van der Waals surface area contributed by atoms with E-state index >= 15 is 0 Å². The number of aromatic amines is 1. The fourth-order valence-corrected chi connectivity index (χ4v) is 1.39. The fourth-order valence-electron chi connectivity index (χ4n) is 1.39. The van der Waals surface area contributed by atoms with Crippen molar-refractivity contribution >= 4 is 5.91 Å². The molecular weight excluding hydrogens is 190 g/mol. The van der Waals surface area contributed by atoms with Crippen molar-refractivity contribution in [3.63, 3.8) is 0 Å². The maximum Gasteiger partial charge on any atom is 0.254 e. The molecule has 0 spiro atoms. The molecule has 0 fully saturated rings. The summed E-state index contributed by atoms with van der Waals surface area (Å²) in [5, 5.41) is 9.44. The number of nitrogens with zero attached hydrogens (tertiary/aromatic N) is 1. The molecule has 4 heteroatoms. The van der Waals surface area contributed by atoms with Gasteiger partial charge < -0.3 is 5.32 Å². The van der Waals surface area contributed by atoms with Crippen LogP contribution >= 0.6 is 0 Å². The van der Waals surface area contributed by atoms with Gasteiger partial charge in [-0.3, -0.25) is 9.89 Å². The monoisotopic (exact) mass is 209 g/mol. The summed E-state index contributed by atoms with van der Waals surface area (Å²) in [5.41, 5.74) is 1.45. The SMILES string of the molecule is Cc1[nH]ncc1C(=O)NCCCC(C)C. The molecule has 0 saturated carbocycles. The van der Waals surface area contributed by atoms with E-state index in [9.17, 15) is 4.79 Å². The summed E-state index contributed by atoms with van der Waals surface area (Å²) in [6.07, 6.45) is 3.73. The van der Waals surface area contributed by atoms with Crippen LogP contribution in [0.2, 0.25) is 0 Å². The minimum absolute atomic E-state index is 0.0370. The second-order valence-corrected chi connectivity index (χ2v) is 4.20. The third-order valence-corrected chi connectivity index (χ3v) is 2.32. The van der Waals surface area contributed by atoms with Crippen LogP contribution in [0.3, 0.4) is 0 Å². The van der Waals surface area contributed by atoms with E-state index in [2.05, 4.69) is 29.4 Å². The first kappa shape index (κ1) is 11.8. The largest absolute Gasteiger partial charge is 0.352 e. The Morgan fingerprint density at radius 1 is 1.60 bits per heavy atom. The zero-order chi connectivity index (χ0) is 11.3. The van der Waals surface area contributed by atoms with E-state index in [-0.39, 0.29) is 5.91 Å². The molecule has 0 atom stereocenters. The van der Waals surface area contributed by atoms with Crippen molar-refractivity contribution in [2.24, 2.45) is 5.92 Å². The summed E-state index contributed by atoms with van der Waals surface area (Å²) >= 11 is 0. The van der Waals surface area contributed by atoms with Gasteiger partial charge in [-0.2, -0.15) is 5.10 Å². The highest BCUT2D eigenvalue weighted by atomic mass is 16.1. The van der Waals surface area contributed by atoms with E-state index in [1.165, 1.54) is 0 Å². The first-order valence-electron chi connectivity index (χ1n) is 5.39. The quantitative estimate of drug-likeness (QED) is 0.727. The molecule has 1 heterocycles. The second kappa shape index (κ2) is 5.53. The van der Waals surface area contributed by atoms with Crippen LogP contribution in [-0.4, -0.2) is 22.6 Å². The molecule has 0 saturated heterocycles. The summed E-state index contributed by atoms with van der Waals surface area (Å²) in [5.74, 6) is 0.655. The zero-order valence-electron chi connectivity index (χ0n) is 9.63. The molecule has 0 aliphatic rings. The molecule has 2 N–H and O–H groups in total. The van der Waals surface area contributed by atoms with Crippen molar-refractivity contribution in [2.45, 2.75) is 33.6 Å². The molecule has 1 rings (SSSR count). The van der Waals surface area contributed by atoms with Gasteiger partial charge in [0, 0.05) is 12.2 Å². The van der Waals surface area contributed by atoms with Crippen molar-refractivity contribution in [3.8, 4) is 0 Å². The standard InChI is InChI=1S/C11H19N3O/c1-8(2)5-4-6-12-11(15)10-7-13-14-9(10)3/h7-8H,4-6H2,1-3H3,(H,12,15)(H,13,14). The number of hydrogen-bond acceptors (Lipinski definition) is 2. The number of rotatable bonds is 5. The second-order valence-electron chi connectivity index (χ2n) is 4.20. The zero-order valence-corrected chi connectivity index (χ0v) is 9.63. The maximum atomic E-state index is 11.6. The van der Waals surface area contributed by atoms with Gasteiger partial charge >= 0.3 is 0 Å². The average Bonchev–Trinajstić information content (AvgIpc) is 2.58. The van der Waals surface area contributed by atoms with Crippen LogP contribution in [0.4, 0.5) is 0 Å². The molecule has 15 heavy (non-hydrogen) atoms. The van der Waals surface area contributed by atoms with E-state index in [1.54, 1.807) is 6.20 Å². The molecule has 84 valence electrons. The Morgan fingerprint density at radius 3 is 2.87 bits per heavy atom. The number of carbonyl (C=O) groups excluding carboxylic acids is 1. The Labute approximate surface area is 90.5 Å². The number of hydrogen-bond donors (Lipinski definition) is 2. The van der Waals surface area contributed by atoms with Crippen molar-refractivity contribution in [3.05, 3.63) is 17.5 Å². The third kappa shape index (κ3) is 3.73. The lowest BCUT2D eigenvalue weighted by atomic mass is 10.1. The molecule has 1 aromatic heterocycles. The van der Waals surface area contributed by atoms with Gasteiger partial charge in [-0.25, -0.2) is 0 Å². The molecule has 0 aliphatic carbocycles. The van der Waals surface area contributed by atoms with Gasteiger partial charge in [0.05, 0.1) is 11.8 Å². The number of aryl methyl sites for hydroxylation is 1. The lowest BCUT2D eigenvalue weighted by Crippen LogP contribution is -2.24. The van der Waals surface area contributed by atoms with Crippen LogP contribution < -0.4 is 5.32 Å². The molecule has 1 aromatic rings. The van der Waals surface area contributed by atoms with Crippen molar-refractivity contribution in [2.75, 3.05) is 6.54 Å². The highest BCUT2D eigenvalue weighted by Gasteiger charge is 2.09. The number of carbonyl (C=O) groups is 1. The Kier molecular flexibility index (Phi) is 4.34. The predicted octanol–water partition coefficient (Wildman–Crippen LogP) is 1.88. The molecule has 4 nitrogen and oxygen atoms in total. The molecule has 1 amide bonds. The number of aromatic nitrogens is 2. The average molecular weight is 209 g/mol. The van der Waals surface area contributed by atoms with E-state index < -0.39 is 0 Å². The van der Waals surface area contributed by atoms with Crippen LogP contribution in [0.25, 0.3) is 0 Å². The van der Waals surface area contributed by atoms with Crippen molar-refractivity contribution < 1.29 is 4.79 Å². The van der Waals surface area contributed by atoms with Crippen LogP contribution in [0.1, 0.15) is 42.7 Å². The van der Waals surface area contributed by atoms with Gasteiger partial charge in [0.15, 0.2) is 0 Å². The minimum Gasteiger partial charge on any atom is -0.352 e. The van der Waals surface area contributed by atoms with E-state index in [4.69, 9.17) is 0 Å². The Morgan fingerprint density at radius 2 is 2.33 bits per heavy atom. The Bertz CT molecular complexity index is 317. The van der Waals surface area contributed by atoms with Crippen molar-refractivity contribution in [1.82, 2.24) is 15.5 Å². The molecular formula is C11H19N3O. The molecule has 0 aliphatic heterocycles. The normalized spacial score (nSPS) is 10.7. The van der Waals surface area contributed by atoms with E-state index in [0.29, 0.717) is 11.5 Å². The third-order valence-electron chi connectivity index (χ3n) is 2.32. The summed E-state index contributed by atoms with van der Waals surface area (Å²) in [6, 6.07) is 0. The van der Waals surface area contributed by atoms with E-state index in [1.807, 2.05) is 6.92 Å². The lowest BCUT2D eigenvalue weighted by Gasteiger charge is -2.06. The van der Waals surface area contributed by atoms with Gasteiger partial charge in [0.25, 0.3) is 5.91 Å².